The molecule has 2 aromatic heterocycles. The van der Waals surface area contributed by atoms with Crippen molar-refractivity contribution in [2.75, 3.05) is 13.1 Å². The first kappa shape index (κ1) is 15.1. The van der Waals surface area contributed by atoms with Gasteiger partial charge in [0.2, 0.25) is 0 Å². The first-order valence-corrected chi connectivity index (χ1v) is 7.62. The van der Waals surface area contributed by atoms with Crippen molar-refractivity contribution in [2.45, 2.75) is 19.4 Å². The van der Waals surface area contributed by atoms with Gasteiger partial charge in [0.25, 0.3) is 5.91 Å². The average Bonchev–Trinajstić information content (AvgIpc) is 3.11. The molecule has 2 atom stereocenters. The Morgan fingerprint density at radius 2 is 2.27 bits per heavy atom. The molecular formula is C15H19ClN4O2. The zero-order valence-corrected chi connectivity index (χ0v) is 13.3. The van der Waals surface area contributed by atoms with Crippen molar-refractivity contribution in [3.8, 4) is 0 Å². The summed E-state index contributed by atoms with van der Waals surface area (Å²) in [5.74, 6) is -0.100. The van der Waals surface area contributed by atoms with Gasteiger partial charge in [-0.15, -0.1) is 0 Å². The molecule has 0 saturated carbocycles. The van der Waals surface area contributed by atoms with E-state index in [9.17, 15) is 9.90 Å². The third-order valence-corrected chi connectivity index (χ3v) is 4.32. The van der Waals surface area contributed by atoms with Crippen LogP contribution in [0.2, 0.25) is 5.02 Å². The predicted octanol–water partition coefficient (Wildman–Crippen LogP) is 1.39. The number of rotatable bonds is 3. The van der Waals surface area contributed by atoms with Gasteiger partial charge in [0.15, 0.2) is 0 Å². The fourth-order valence-corrected chi connectivity index (χ4v) is 3.22. The van der Waals surface area contributed by atoms with Gasteiger partial charge in [-0.3, -0.25) is 9.89 Å². The lowest BCUT2D eigenvalue weighted by Crippen LogP contribution is -2.30. The Labute approximate surface area is 133 Å². The third kappa shape index (κ3) is 2.89. The highest BCUT2D eigenvalue weighted by Crippen LogP contribution is 2.24. The lowest BCUT2D eigenvalue weighted by molar-refractivity contribution is 0.0755. The summed E-state index contributed by atoms with van der Waals surface area (Å²) in [5.41, 5.74) is 2.44. The standard InChI is InChI=1S/C15H19ClN4O2/c1-9-3-12(18-17-9)4-10-6-20(8-14(10)21)15(22)13-5-11(16)7-19(13)2/h3,5,7,10,14,21H,4,6,8H2,1-2H3,(H,17,18)/t10-,14+/m1/s1. The second kappa shape index (κ2) is 5.78. The molecule has 3 heterocycles. The number of carbonyl (C=O) groups excluding carboxylic acids is 1. The van der Waals surface area contributed by atoms with E-state index in [-0.39, 0.29) is 11.8 Å². The number of halogens is 1. The first-order valence-electron chi connectivity index (χ1n) is 7.24. The van der Waals surface area contributed by atoms with E-state index in [1.165, 1.54) is 0 Å². The second-order valence-electron chi connectivity index (χ2n) is 5.94. The van der Waals surface area contributed by atoms with Crippen molar-refractivity contribution >= 4 is 17.5 Å². The minimum Gasteiger partial charge on any atom is -0.391 e. The summed E-state index contributed by atoms with van der Waals surface area (Å²) in [4.78, 5) is 14.2. The van der Waals surface area contributed by atoms with E-state index in [0.717, 1.165) is 11.4 Å². The minimum atomic E-state index is -0.531. The van der Waals surface area contributed by atoms with Gasteiger partial charge in [-0.25, -0.2) is 0 Å². The number of β-amino-alcohol motifs (C(OH)–C–C–N with tert-alkyl or cyclic N) is 1. The number of aliphatic hydroxyl groups excluding tert-OH is 1. The maximum atomic E-state index is 12.5. The van der Waals surface area contributed by atoms with Crippen molar-refractivity contribution in [3.05, 3.63) is 40.4 Å². The molecule has 0 aromatic carbocycles. The number of nitrogens with one attached hydrogen (secondary N) is 1. The topological polar surface area (TPSA) is 74.2 Å². The maximum absolute atomic E-state index is 12.5. The van der Waals surface area contributed by atoms with Crippen LogP contribution in [-0.4, -0.2) is 49.9 Å². The largest absolute Gasteiger partial charge is 0.391 e. The molecule has 0 radical (unpaired) electrons. The molecule has 3 rings (SSSR count). The van der Waals surface area contributed by atoms with Crippen LogP contribution in [0.15, 0.2) is 18.3 Å². The number of aromatic nitrogens is 3. The van der Waals surface area contributed by atoms with Crippen molar-refractivity contribution in [1.29, 1.82) is 0 Å². The van der Waals surface area contributed by atoms with Crippen LogP contribution in [0.5, 0.6) is 0 Å². The lowest BCUT2D eigenvalue weighted by Gasteiger charge is -2.16. The van der Waals surface area contributed by atoms with Crippen LogP contribution in [0.25, 0.3) is 0 Å². The van der Waals surface area contributed by atoms with Crippen LogP contribution in [0.3, 0.4) is 0 Å². The van der Waals surface area contributed by atoms with E-state index in [2.05, 4.69) is 10.2 Å². The van der Waals surface area contributed by atoms with Crippen molar-refractivity contribution in [1.82, 2.24) is 19.7 Å². The molecule has 2 N–H and O–H groups in total. The molecule has 1 aliphatic rings. The summed E-state index contributed by atoms with van der Waals surface area (Å²) in [6.45, 7) is 2.81. The molecule has 118 valence electrons. The molecule has 0 spiro atoms. The summed E-state index contributed by atoms with van der Waals surface area (Å²) in [5, 5.41) is 17.9. The highest BCUT2D eigenvalue weighted by atomic mass is 35.5. The van der Waals surface area contributed by atoms with Crippen molar-refractivity contribution < 1.29 is 9.90 Å². The van der Waals surface area contributed by atoms with E-state index in [1.807, 2.05) is 13.0 Å². The maximum Gasteiger partial charge on any atom is 0.270 e. The van der Waals surface area contributed by atoms with E-state index >= 15 is 0 Å². The van der Waals surface area contributed by atoms with Crippen molar-refractivity contribution in [3.63, 3.8) is 0 Å². The van der Waals surface area contributed by atoms with Gasteiger partial charge in [0.1, 0.15) is 5.69 Å². The number of aryl methyl sites for hydroxylation is 2. The zero-order chi connectivity index (χ0) is 15.9. The Bertz CT molecular complexity index is 694. The van der Waals surface area contributed by atoms with Crippen LogP contribution in [0, 0.1) is 12.8 Å². The van der Waals surface area contributed by atoms with Gasteiger partial charge in [-0.1, -0.05) is 11.6 Å². The van der Waals surface area contributed by atoms with E-state index < -0.39 is 6.10 Å². The van der Waals surface area contributed by atoms with E-state index in [0.29, 0.717) is 30.2 Å². The number of nitrogens with zero attached hydrogens (tertiary/aromatic N) is 3. The normalized spacial score (nSPS) is 21.5. The highest BCUT2D eigenvalue weighted by molar-refractivity contribution is 6.31. The number of amides is 1. The van der Waals surface area contributed by atoms with Gasteiger partial charge in [-0.05, 0) is 25.5 Å². The Morgan fingerprint density at radius 1 is 1.50 bits per heavy atom. The molecule has 0 bridgehead atoms. The molecule has 2 aromatic rings. The number of likely N-dealkylation sites (tertiary alicyclic amines) is 1. The molecule has 1 fully saturated rings. The fraction of sp³-hybridized carbons (Fsp3) is 0.467. The Kier molecular flexibility index (Phi) is 3.97. The van der Waals surface area contributed by atoms with E-state index in [4.69, 9.17) is 11.6 Å². The highest BCUT2D eigenvalue weighted by Gasteiger charge is 2.35. The Hall–Kier alpha value is -1.79. The SMILES string of the molecule is Cc1cc(C[C@@H]2CN(C(=O)c3cc(Cl)cn3C)C[C@@H]2O)n[nH]1. The number of aliphatic hydroxyl groups is 1. The van der Waals surface area contributed by atoms with Gasteiger partial charge in [0.05, 0.1) is 16.8 Å². The molecule has 1 aliphatic heterocycles. The third-order valence-electron chi connectivity index (χ3n) is 4.11. The molecule has 22 heavy (non-hydrogen) atoms. The van der Waals surface area contributed by atoms with Crippen LogP contribution in [0.1, 0.15) is 21.9 Å². The lowest BCUT2D eigenvalue weighted by atomic mass is 10.0. The molecule has 0 unspecified atom stereocenters. The summed E-state index contributed by atoms with van der Waals surface area (Å²) in [6.07, 6.45) is 1.82. The Morgan fingerprint density at radius 3 is 2.86 bits per heavy atom. The molecule has 0 aliphatic carbocycles. The smallest absolute Gasteiger partial charge is 0.270 e. The van der Waals surface area contributed by atoms with Crippen LogP contribution >= 0.6 is 11.6 Å². The summed E-state index contributed by atoms with van der Waals surface area (Å²) >= 11 is 5.93. The molecular weight excluding hydrogens is 304 g/mol. The van der Waals surface area contributed by atoms with Crippen LogP contribution in [0.4, 0.5) is 0 Å². The fourth-order valence-electron chi connectivity index (χ4n) is 2.97. The molecule has 6 nitrogen and oxygen atoms in total. The monoisotopic (exact) mass is 322 g/mol. The zero-order valence-electron chi connectivity index (χ0n) is 12.6. The van der Waals surface area contributed by atoms with Gasteiger partial charge < -0.3 is 14.6 Å². The molecule has 7 heteroatoms. The number of H-pyrrole nitrogens is 1. The summed E-state index contributed by atoms with van der Waals surface area (Å²) in [6, 6.07) is 3.62. The van der Waals surface area contributed by atoms with E-state index in [1.54, 1.807) is 28.8 Å². The predicted molar refractivity (Wildman–Crippen MR) is 82.9 cm³/mol. The number of hydrogen-bond donors (Lipinski definition) is 2. The molecule has 1 amide bonds. The summed E-state index contributed by atoms with van der Waals surface area (Å²) < 4.78 is 1.71. The Balaban J connectivity index is 1.70. The van der Waals surface area contributed by atoms with Crippen LogP contribution in [-0.2, 0) is 13.5 Å². The quantitative estimate of drug-likeness (QED) is 0.896. The summed E-state index contributed by atoms with van der Waals surface area (Å²) in [7, 11) is 1.79. The van der Waals surface area contributed by atoms with Gasteiger partial charge >= 0.3 is 0 Å². The number of carbonyl (C=O) groups is 1. The second-order valence-corrected chi connectivity index (χ2v) is 6.37. The minimum absolute atomic E-state index is 0.00221. The van der Waals surface area contributed by atoms with Crippen molar-refractivity contribution in [2.24, 2.45) is 13.0 Å². The van der Waals surface area contributed by atoms with Crippen LogP contribution < -0.4 is 0 Å². The average molecular weight is 323 g/mol. The molecule has 1 saturated heterocycles. The van der Waals surface area contributed by atoms with Gasteiger partial charge in [0, 0.05) is 37.9 Å². The van der Waals surface area contributed by atoms with Gasteiger partial charge in [-0.2, -0.15) is 5.10 Å². The first-order chi connectivity index (χ1) is 10.4. The number of hydrogen-bond acceptors (Lipinski definition) is 3. The number of aromatic amines is 1.